The van der Waals surface area contributed by atoms with Gasteiger partial charge in [0.05, 0.1) is 11.1 Å². The van der Waals surface area contributed by atoms with Crippen molar-refractivity contribution in [2.24, 2.45) is 7.05 Å². The number of hydrogen-bond acceptors (Lipinski definition) is 4. The van der Waals surface area contributed by atoms with E-state index >= 15 is 0 Å². The maximum atomic E-state index is 13.3. The van der Waals surface area contributed by atoms with Gasteiger partial charge in [-0.1, -0.05) is 48.5 Å². The van der Waals surface area contributed by atoms with Crippen molar-refractivity contribution < 1.29 is 14.6 Å². The van der Waals surface area contributed by atoms with E-state index in [0.717, 1.165) is 23.0 Å². The summed E-state index contributed by atoms with van der Waals surface area (Å²) >= 11 is 0. The van der Waals surface area contributed by atoms with Crippen LogP contribution in [0.3, 0.4) is 0 Å². The van der Waals surface area contributed by atoms with Crippen molar-refractivity contribution in [2.75, 3.05) is 7.05 Å². The molecule has 5 heteroatoms. The predicted molar refractivity (Wildman–Crippen MR) is 130 cm³/mol. The zero-order chi connectivity index (χ0) is 23.1. The van der Waals surface area contributed by atoms with Gasteiger partial charge in [-0.05, 0) is 43.3 Å². The first-order valence-corrected chi connectivity index (χ1v) is 11.0. The quantitative estimate of drug-likeness (QED) is 0.422. The Kier molecular flexibility index (Phi) is 5.27. The van der Waals surface area contributed by atoms with Gasteiger partial charge in [0.15, 0.2) is 5.76 Å². The number of ether oxygens (including phenoxy) is 1. The van der Waals surface area contributed by atoms with E-state index in [9.17, 15) is 9.90 Å². The summed E-state index contributed by atoms with van der Waals surface area (Å²) in [7, 11) is 3.97. The van der Waals surface area contributed by atoms with Crippen molar-refractivity contribution >= 4 is 22.8 Å². The molecule has 166 valence electrons. The molecule has 1 aliphatic heterocycles. The summed E-state index contributed by atoms with van der Waals surface area (Å²) < 4.78 is 8.18. The van der Waals surface area contributed by atoms with E-state index in [2.05, 4.69) is 17.0 Å². The zero-order valence-corrected chi connectivity index (χ0v) is 19.0. The van der Waals surface area contributed by atoms with Gasteiger partial charge in [0.1, 0.15) is 11.5 Å². The van der Waals surface area contributed by atoms with E-state index in [0.29, 0.717) is 29.0 Å². The highest BCUT2D eigenvalue weighted by Crippen LogP contribution is 2.42. The van der Waals surface area contributed by atoms with Crippen LogP contribution in [0.4, 0.5) is 0 Å². The molecule has 0 saturated heterocycles. The number of benzene rings is 3. The highest BCUT2D eigenvalue weighted by Gasteiger charge is 2.33. The number of para-hydroxylation sites is 1. The molecule has 0 saturated carbocycles. The predicted octanol–water partition coefficient (Wildman–Crippen LogP) is 5.44. The Balaban J connectivity index is 1.50. The largest absolute Gasteiger partial charge is 0.507 e. The second kappa shape index (κ2) is 8.26. The van der Waals surface area contributed by atoms with Gasteiger partial charge >= 0.3 is 0 Å². The summed E-state index contributed by atoms with van der Waals surface area (Å²) in [5, 5.41) is 11.8. The third kappa shape index (κ3) is 3.81. The molecule has 33 heavy (non-hydrogen) atoms. The Morgan fingerprint density at radius 3 is 2.58 bits per heavy atom. The normalized spacial score (nSPS) is 14.3. The van der Waals surface area contributed by atoms with Gasteiger partial charge in [-0.15, -0.1) is 0 Å². The van der Waals surface area contributed by atoms with Crippen molar-refractivity contribution in [1.82, 2.24) is 9.47 Å². The number of Topliss-reactive ketones (excluding diaryl/α,β-unsaturated/α-hetero) is 1. The minimum absolute atomic E-state index is 0.144. The fourth-order valence-electron chi connectivity index (χ4n) is 4.58. The smallest absolute Gasteiger partial charge is 0.232 e. The van der Waals surface area contributed by atoms with E-state index in [-0.39, 0.29) is 17.3 Å². The summed E-state index contributed by atoms with van der Waals surface area (Å²) in [5.41, 5.74) is 5.06. The lowest BCUT2D eigenvalue weighted by molar-refractivity contribution is 0.101. The van der Waals surface area contributed by atoms with Crippen LogP contribution >= 0.6 is 0 Å². The molecule has 1 N–H and O–H groups in total. The first kappa shape index (κ1) is 21.0. The number of aromatic nitrogens is 1. The van der Waals surface area contributed by atoms with Crippen molar-refractivity contribution in [3.8, 4) is 11.5 Å². The van der Waals surface area contributed by atoms with E-state index in [1.54, 1.807) is 12.1 Å². The summed E-state index contributed by atoms with van der Waals surface area (Å²) in [6, 6.07) is 19.9. The monoisotopic (exact) mass is 438 g/mol. The summed E-state index contributed by atoms with van der Waals surface area (Å²) in [5.74, 6) is 0.735. The number of phenols is 1. The van der Waals surface area contributed by atoms with E-state index in [1.165, 1.54) is 5.56 Å². The van der Waals surface area contributed by atoms with Crippen LogP contribution < -0.4 is 4.74 Å². The van der Waals surface area contributed by atoms with Gasteiger partial charge in [-0.25, -0.2) is 0 Å². The molecule has 5 nitrogen and oxygen atoms in total. The number of aromatic hydroxyl groups is 1. The number of phenolic OH excluding ortho intramolecular Hbond substituents is 1. The van der Waals surface area contributed by atoms with Gasteiger partial charge in [-0.3, -0.25) is 9.69 Å². The zero-order valence-electron chi connectivity index (χ0n) is 19.0. The molecular formula is C28H26N2O3. The molecule has 2 heterocycles. The molecule has 0 aliphatic carbocycles. The second-order valence-corrected chi connectivity index (χ2v) is 8.71. The molecule has 0 atom stereocenters. The van der Waals surface area contributed by atoms with Gasteiger partial charge < -0.3 is 14.4 Å². The van der Waals surface area contributed by atoms with Crippen LogP contribution in [0.2, 0.25) is 0 Å². The first-order chi connectivity index (χ1) is 15.9. The van der Waals surface area contributed by atoms with E-state index in [1.807, 2.05) is 74.2 Å². The van der Waals surface area contributed by atoms with Gasteiger partial charge in [-0.2, -0.15) is 0 Å². The van der Waals surface area contributed by atoms with Crippen molar-refractivity contribution in [3.63, 3.8) is 0 Å². The fraction of sp³-hybridized carbons (Fsp3) is 0.179. The molecule has 4 aromatic rings. The number of rotatable bonds is 5. The third-order valence-corrected chi connectivity index (χ3v) is 6.16. The Labute approximate surface area is 193 Å². The highest BCUT2D eigenvalue weighted by molar-refractivity contribution is 6.16. The highest BCUT2D eigenvalue weighted by atomic mass is 16.5. The molecule has 0 amide bonds. The molecule has 0 spiro atoms. The minimum atomic E-state index is -0.151. The average Bonchev–Trinajstić information content (AvgIpc) is 3.29. The summed E-state index contributed by atoms with van der Waals surface area (Å²) in [6.45, 7) is 3.01. The number of carbonyl (C=O) groups is 1. The summed E-state index contributed by atoms with van der Waals surface area (Å²) in [6.07, 6.45) is 3.80. The van der Waals surface area contributed by atoms with Gasteiger partial charge in [0, 0.05) is 42.8 Å². The molecule has 0 bridgehead atoms. The lowest BCUT2D eigenvalue weighted by Gasteiger charge is -2.19. The number of nitrogens with zero attached hydrogens (tertiary/aromatic N) is 2. The van der Waals surface area contributed by atoms with Crippen LogP contribution in [0.5, 0.6) is 11.5 Å². The average molecular weight is 439 g/mol. The van der Waals surface area contributed by atoms with Crippen LogP contribution in [0.1, 0.15) is 32.6 Å². The molecule has 1 aliphatic rings. The molecular weight excluding hydrogens is 412 g/mol. The Morgan fingerprint density at radius 2 is 1.79 bits per heavy atom. The number of ketones is 1. The van der Waals surface area contributed by atoms with Crippen LogP contribution in [0.15, 0.2) is 72.6 Å². The Bertz CT molecular complexity index is 1400. The SMILES string of the molecule is Cc1cc(O)c(CN(C)Cc2ccccc2)c2c1C(=O)/C(=C/c1cn(C)c3ccccc13)O2. The summed E-state index contributed by atoms with van der Waals surface area (Å²) in [4.78, 5) is 15.4. The Hall–Kier alpha value is -3.83. The van der Waals surface area contributed by atoms with Crippen LogP contribution in [0, 0.1) is 6.92 Å². The number of allylic oxidation sites excluding steroid dienone is 1. The number of hydrogen-bond donors (Lipinski definition) is 1. The van der Waals surface area contributed by atoms with Crippen molar-refractivity contribution in [2.45, 2.75) is 20.0 Å². The Morgan fingerprint density at radius 1 is 1.06 bits per heavy atom. The van der Waals surface area contributed by atoms with Crippen molar-refractivity contribution in [1.29, 1.82) is 0 Å². The minimum Gasteiger partial charge on any atom is -0.507 e. The van der Waals surface area contributed by atoms with Crippen LogP contribution in [0.25, 0.3) is 17.0 Å². The van der Waals surface area contributed by atoms with Crippen LogP contribution in [-0.2, 0) is 20.1 Å². The topological polar surface area (TPSA) is 54.7 Å². The molecule has 0 unspecified atom stereocenters. The number of aryl methyl sites for hydroxylation is 2. The standard InChI is InChI=1S/C28H26N2O3/c1-18-13-24(31)22(17-29(2)15-19-9-5-4-6-10-19)28-26(18)27(32)25(33-28)14-20-16-30(3)23-12-8-7-11-21(20)23/h4-14,16,31H,15,17H2,1-3H3/b25-14-. The fourth-order valence-corrected chi connectivity index (χ4v) is 4.58. The second-order valence-electron chi connectivity index (χ2n) is 8.71. The van der Waals surface area contributed by atoms with Crippen molar-refractivity contribution in [3.05, 3.63) is 100 Å². The number of carbonyl (C=O) groups excluding carboxylic acids is 1. The third-order valence-electron chi connectivity index (χ3n) is 6.16. The van der Waals surface area contributed by atoms with Gasteiger partial charge in [0.2, 0.25) is 5.78 Å². The van der Waals surface area contributed by atoms with E-state index < -0.39 is 0 Å². The maximum absolute atomic E-state index is 13.3. The molecule has 3 aromatic carbocycles. The lowest BCUT2D eigenvalue weighted by Crippen LogP contribution is -2.17. The molecule has 0 radical (unpaired) electrons. The number of fused-ring (bicyclic) bond motifs is 2. The van der Waals surface area contributed by atoms with Crippen LogP contribution in [-0.4, -0.2) is 27.4 Å². The van der Waals surface area contributed by atoms with E-state index in [4.69, 9.17) is 4.74 Å². The molecule has 5 rings (SSSR count). The molecule has 1 aromatic heterocycles. The maximum Gasteiger partial charge on any atom is 0.232 e. The molecule has 0 fully saturated rings. The van der Waals surface area contributed by atoms with Gasteiger partial charge in [0.25, 0.3) is 0 Å². The first-order valence-electron chi connectivity index (χ1n) is 11.0. The lowest BCUT2D eigenvalue weighted by atomic mass is 9.99.